The Bertz CT molecular complexity index is 1160. The van der Waals surface area contributed by atoms with E-state index in [2.05, 4.69) is 4.74 Å². The Hall–Kier alpha value is -2.08. The summed E-state index contributed by atoms with van der Waals surface area (Å²) >= 11 is 0. The van der Waals surface area contributed by atoms with Gasteiger partial charge in [-0.15, -0.1) is 0 Å². The quantitative estimate of drug-likeness (QED) is 0.258. The van der Waals surface area contributed by atoms with Crippen LogP contribution in [-0.2, 0) is 26.0 Å². The third-order valence-electron chi connectivity index (χ3n) is 8.69. The lowest BCUT2D eigenvalue weighted by atomic mass is 9.34. The molecule has 0 aromatic heterocycles. The maximum atomic E-state index is 13.6. The van der Waals surface area contributed by atoms with Gasteiger partial charge >= 0.3 is 18.1 Å². The topological polar surface area (TPSA) is 107 Å². The van der Waals surface area contributed by atoms with Crippen molar-refractivity contribution in [2.75, 3.05) is 5.75 Å². The van der Waals surface area contributed by atoms with E-state index in [1.165, 1.54) is 18.2 Å². The van der Waals surface area contributed by atoms with Crippen molar-refractivity contribution in [2.24, 2.45) is 35.0 Å². The summed E-state index contributed by atoms with van der Waals surface area (Å²) in [6.45, 7) is 0. The number of carbonyl (C=O) groups excluding carboxylic acids is 2. The standard InChI is InChI=1S/C23H26BF3O7S/c24-9-11-1-2-14(20(28)34-19(23(25,26)27)10-35(30,31)32)18(5-11)33-21(29)22-7-12-3-13(8-22)15-6-17(22)16(15)4-12/h1-2,5,12-13,15-17,19H,3-4,6-10,24H2,(H,30,31,32). The highest BCUT2D eigenvalue weighted by Crippen LogP contribution is 2.73. The van der Waals surface area contributed by atoms with Gasteiger partial charge in [-0.2, -0.15) is 21.6 Å². The molecule has 0 spiro atoms. The third kappa shape index (κ3) is 4.26. The van der Waals surface area contributed by atoms with Crippen LogP contribution in [0.25, 0.3) is 0 Å². The molecule has 12 heteroatoms. The number of halogens is 3. The Morgan fingerprint density at radius 2 is 1.91 bits per heavy atom. The minimum absolute atomic E-state index is 0.196. The third-order valence-corrected chi connectivity index (χ3v) is 9.41. The second kappa shape index (κ2) is 8.23. The SMILES string of the molecule is BCc1ccc(C(=O)OC(CS(=O)(=O)O)C(F)(F)F)c(OC(=O)C23CC4CC(C2)C2CC3C2C4)c1. The summed E-state index contributed by atoms with van der Waals surface area (Å²) in [4.78, 5) is 26.3. The fourth-order valence-corrected chi connectivity index (χ4v) is 7.89. The van der Waals surface area contributed by atoms with Crippen molar-refractivity contribution in [1.82, 2.24) is 0 Å². The normalized spacial score (nSPS) is 33.7. The average Bonchev–Trinajstić information content (AvgIpc) is 2.73. The van der Waals surface area contributed by atoms with Gasteiger partial charge in [-0.25, -0.2) is 4.79 Å². The van der Waals surface area contributed by atoms with Crippen LogP contribution in [0.2, 0.25) is 0 Å². The second-order valence-corrected chi connectivity index (χ2v) is 12.1. The smallest absolute Gasteiger partial charge is 0.426 e. The van der Waals surface area contributed by atoms with E-state index in [1.54, 1.807) is 0 Å². The van der Waals surface area contributed by atoms with Crippen LogP contribution in [0.15, 0.2) is 18.2 Å². The molecular formula is C23H26BF3O7S. The van der Waals surface area contributed by atoms with Gasteiger partial charge in [0, 0.05) is 0 Å². The van der Waals surface area contributed by atoms with Gasteiger partial charge in [0.1, 0.15) is 24.9 Å². The van der Waals surface area contributed by atoms with Crippen molar-refractivity contribution >= 4 is 29.9 Å². The Balaban J connectivity index is 1.41. The van der Waals surface area contributed by atoms with E-state index in [0.29, 0.717) is 35.6 Å². The zero-order chi connectivity index (χ0) is 25.3. The number of carbonyl (C=O) groups is 2. The molecule has 7 atom stereocenters. The molecule has 190 valence electrons. The summed E-state index contributed by atoms with van der Waals surface area (Å²) in [5.74, 6) is -1.57. The summed E-state index contributed by atoms with van der Waals surface area (Å²) < 4.78 is 81.0. The Morgan fingerprint density at radius 1 is 1.17 bits per heavy atom. The maximum Gasteiger partial charge on any atom is 0.426 e. The van der Waals surface area contributed by atoms with Crippen molar-refractivity contribution < 1.29 is 45.2 Å². The number of rotatable bonds is 7. The average molecular weight is 514 g/mol. The first-order valence-electron chi connectivity index (χ1n) is 11.9. The summed E-state index contributed by atoms with van der Waals surface area (Å²) in [6.07, 6.45) is -3.06. The van der Waals surface area contributed by atoms with Gasteiger partial charge in [-0.1, -0.05) is 17.9 Å². The van der Waals surface area contributed by atoms with Crippen molar-refractivity contribution in [3.05, 3.63) is 29.3 Å². The van der Waals surface area contributed by atoms with Gasteiger partial charge in [-0.3, -0.25) is 9.35 Å². The molecular weight excluding hydrogens is 488 g/mol. The highest BCUT2D eigenvalue weighted by atomic mass is 32.2. The van der Waals surface area contributed by atoms with Crippen LogP contribution in [0.3, 0.4) is 0 Å². The molecule has 0 amide bonds. The number of esters is 2. The van der Waals surface area contributed by atoms with Gasteiger partial charge in [0.05, 0.1) is 5.41 Å². The summed E-state index contributed by atoms with van der Waals surface area (Å²) in [5.41, 5.74) is -0.339. The fraction of sp³-hybridized carbons (Fsp3) is 0.652. The highest BCUT2D eigenvalue weighted by molar-refractivity contribution is 7.85. The highest BCUT2D eigenvalue weighted by Gasteiger charge is 2.69. The van der Waals surface area contributed by atoms with E-state index in [-0.39, 0.29) is 11.7 Å². The Labute approximate surface area is 201 Å². The van der Waals surface area contributed by atoms with Gasteiger partial charge in [-0.05, 0) is 73.8 Å². The van der Waals surface area contributed by atoms with E-state index < -0.39 is 51.1 Å². The van der Waals surface area contributed by atoms with Gasteiger partial charge in [0.15, 0.2) is 0 Å². The molecule has 6 fully saturated rings. The molecule has 7 nitrogen and oxygen atoms in total. The van der Waals surface area contributed by atoms with Crippen LogP contribution in [0.5, 0.6) is 5.75 Å². The molecule has 1 N–H and O–H groups in total. The first-order chi connectivity index (χ1) is 16.3. The van der Waals surface area contributed by atoms with Gasteiger partial charge in [0.25, 0.3) is 10.1 Å². The van der Waals surface area contributed by atoms with Crippen molar-refractivity contribution in [3.8, 4) is 5.75 Å². The number of benzene rings is 1. The zero-order valence-electron chi connectivity index (χ0n) is 19.1. The molecule has 35 heavy (non-hydrogen) atoms. The zero-order valence-corrected chi connectivity index (χ0v) is 19.9. The largest absolute Gasteiger partial charge is 0.448 e. The number of hydrogen-bond donors (Lipinski definition) is 1. The van der Waals surface area contributed by atoms with Gasteiger partial charge < -0.3 is 9.47 Å². The molecule has 0 aliphatic heterocycles. The van der Waals surface area contributed by atoms with Gasteiger partial charge in [0.2, 0.25) is 6.10 Å². The maximum absolute atomic E-state index is 13.6. The number of alkyl halides is 3. The van der Waals surface area contributed by atoms with E-state index in [4.69, 9.17) is 9.29 Å². The predicted octanol–water partition coefficient (Wildman–Crippen LogP) is 2.77. The Kier molecular flexibility index (Phi) is 5.78. The van der Waals surface area contributed by atoms with Crippen molar-refractivity contribution in [2.45, 2.75) is 50.7 Å². The molecule has 0 heterocycles. The van der Waals surface area contributed by atoms with E-state index in [0.717, 1.165) is 32.1 Å². The molecule has 6 aliphatic carbocycles. The molecule has 6 saturated carbocycles. The monoisotopic (exact) mass is 514 g/mol. The molecule has 0 saturated heterocycles. The lowest BCUT2D eigenvalue weighted by molar-refractivity contribution is -0.229. The second-order valence-electron chi connectivity index (χ2n) is 10.6. The number of hydrogen-bond acceptors (Lipinski definition) is 6. The van der Waals surface area contributed by atoms with Crippen LogP contribution >= 0.6 is 0 Å². The van der Waals surface area contributed by atoms with Crippen LogP contribution < -0.4 is 4.74 Å². The molecule has 0 radical (unpaired) electrons. The lowest BCUT2D eigenvalue weighted by Crippen LogP contribution is -2.67. The molecule has 6 aliphatic rings. The van der Waals surface area contributed by atoms with Crippen LogP contribution in [-0.4, -0.2) is 50.8 Å². The van der Waals surface area contributed by atoms with Crippen molar-refractivity contribution in [1.29, 1.82) is 0 Å². The fourth-order valence-electron chi connectivity index (χ4n) is 7.25. The molecule has 1 aromatic carbocycles. The lowest BCUT2D eigenvalue weighted by Gasteiger charge is -2.70. The number of ether oxygens (including phenoxy) is 2. The van der Waals surface area contributed by atoms with E-state index in [1.807, 2.05) is 7.85 Å². The van der Waals surface area contributed by atoms with E-state index >= 15 is 0 Å². The summed E-state index contributed by atoms with van der Waals surface area (Å²) in [5, 5.41) is 0. The molecule has 7 unspecified atom stereocenters. The van der Waals surface area contributed by atoms with Crippen LogP contribution in [0.1, 0.15) is 48.0 Å². The Morgan fingerprint density at radius 3 is 2.54 bits per heavy atom. The first-order valence-corrected chi connectivity index (χ1v) is 13.5. The van der Waals surface area contributed by atoms with Crippen LogP contribution in [0, 0.1) is 35.0 Å². The summed E-state index contributed by atoms with van der Waals surface area (Å²) in [6, 6.07) is 4.15. The molecule has 7 rings (SSSR count). The first kappa shape index (κ1) is 24.6. The molecule has 6 bridgehead atoms. The van der Waals surface area contributed by atoms with Crippen molar-refractivity contribution in [3.63, 3.8) is 0 Å². The minimum atomic E-state index is -5.23. The van der Waals surface area contributed by atoms with E-state index in [9.17, 15) is 31.2 Å². The molecule has 1 aromatic rings. The predicted molar refractivity (Wildman–Crippen MR) is 119 cm³/mol. The minimum Gasteiger partial charge on any atom is -0.448 e. The summed E-state index contributed by atoms with van der Waals surface area (Å²) in [7, 11) is -3.25. The van der Waals surface area contributed by atoms with Crippen LogP contribution in [0.4, 0.5) is 13.2 Å².